The highest BCUT2D eigenvalue weighted by atomic mass is 19.1. The average Bonchev–Trinajstić information content (AvgIpc) is 3.11. The van der Waals surface area contributed by atoms with Crippen LogP contribution in [-0.4, -0.2) is 29.7 Å². The number of aliphatic imine (C=N–C) groups is 1. The van der Waals surface area contributed by atoms with Crippen LogP contribution in [-0.2, 0) is 17.6 Å². The van der Waals surface area contributed by atoms with Crippen LogP contribution in [0.15, 0.2) is 101 Å². The maximum atomic E-state index is 13.8. The molecule has 5 heteroatoms. The van der Waals surface area contributed by atoms with Crippen molar-refractivity contribution >= 4 is 17.3 Å². The van der Waals surface area contributed by atoms with Crippen LogP contribution in [0.1, 0.15) is 11.1 Å². The molecule has 0 atom stereocenters. The number of hydrogen-bond acceptors (Lipinski definition) is 3. The summed E-state index contributed by atoms with van der Waals surface area (Å²) in [6, 6.07) is 26.6. The van der Waals surface area contributed by atoms with Crippen LogP contribution in [0, 0.1) is 5.82 Å². The second-order valence-electron chi connectivity index (χ2n) is 7.86. The standard InChI is InChI=1S/C26H22FN3O/c27-22-11-7-10-20(15-22)14-21-17-29(23-12-5-2-6-13-23)18-30-25(21)28-24(26(30)31)16-19-8-3-1-4-9-19/h1-13,15H,14,16-18H2. The number of para-hydroxylation sites is 1. The molecule has 0 unspecified atom stereocenters. The SMILES string of the molecule is O=C1C(Cc2ccccc2)=NC2=C(Cc3cccc(F)c3)CN(c3ccccc3)CN12. The summed E-state index contributed by atoms with van der Waals surface area (Å²) in [6.45, 7) is 1.09. The molecule has 0 aromatic heterocycles. The largest absolute Gasteiger partial charge is 0.349 e. The Morgan fingerprint density at radius 2 is 1.55 bits per heavy atom. The number of hydrogen-bond donors (Lipinski definition) is 0. The molecule has 2 aliphatic heterocycles. The minimum atomic E-state index is -0.258. The van der Waals surface area contributed by atoms with Gasteiger partial charge in [-0.15, -0.1) is 0 Å². The number of rotatable bonds is 5. The minimum absolute atomic E-state index is 0.0590. The molecule has 0 radical (unpaired) electrons. The molecule has 154 valence electrons. The molecule has 0 fully saturated rings. The molecule has 0 saturated carbocycles. The van der Waals surface area contributed by atoms with Crippen LogP contribution in [0.5, 0.6) is 0 Å². The molecule has 3 aromatic carbocycles. The monoisotopic (exact) mass is 411 g/mol. The van der Waals surface area contributed by atoms with Crippen molar-refractivity contribution in [2.75, 3.05) is 18.1 Å². The Balaban J connectivity index is 1.50. The number of benzene rings is 3. The number of carbonyl (C=O) groups excluding carboxylic acids is 1. The van der Waals surface area contributed by atoms with E-state index in [2.05, 4.69) is 4.90 Å². The summed E-state index contributed by atoms with van der Waals surface area (Å²) < 4.78 is 13.8. The van der Waals surface area contributed by atoms with E-state index in [0.717, 1.165) is 22.4 Å². The number of halogens is 1. The number of anilines is 1. The van der Waals surface area contributed by atoms with E-state index in [9.17, 15) is 9.18 Å². The zero-order valence-electron chi connectivity index (χ0n) is 17.0. The Morgan fingerprint density at radius 3 is 2.29 bits per heavy atom. The van der Waals surface area contributed by atoms with Crippen LogP contribution in [0.2, 0.25) is 0 Å². The van der Waals surface area contributed by atoms with Gasteiger partial charge in [0.15, 0.2) is 0 Å². The van der Waals surface area contributed by atoms with Gasteiger partial charge in [-0.1, -0.05) is 60.7 Å². The Bertz CT molecular complexity index is 1170. The van der Waals surface area contributed by atoms with Gasteiger partial charge in [0.2, 0.25) is 0 Å². The predicted octanol–water partition coefficient (Wildman–Crippen LogP) is 4.58. The average molecular weight is 411 g/mol. The van der Waals surface area contributed by atoms with Gasteiger partial charge in [0.25, 0.3) is 5.91 Å². The van der Waals surface area contributed by atoms with E-state index in [-0.39, 0.29) is 11.7 Å². The van der Waals surface area contributed by atoms with E-state index in [1.54, 1.807) is 17.0 Å². The third-order valence-corrected chi connectivity index (χ3v) is 5.64. The molecule has 0 N–H and O–H groups in total. The molecule has 31 heavy (non-hydrogen) atoms. The highest BCUT2D eigenvalue weighted by Gasteiger charge is 2.36. The highest BCUT2D eigenvalue weighted by molar-refractivity contribution is 6.41. The van der Waals surface area contributed by atoms with Gasteiger partial charge in [-0.05, 0) is 47.4 Å². The molecule has 0 aliphatic carbocycles. The van der Waals surface area contributed by atoms with Gasteiger partial charge >= 0.3 is 0 Å². The summed E-state index contributed by atoms with van der Waals surface area (Å²) in [7, 11) is 0. The fourth-order valence-electron chi connectivity index (χ4n) is 4.16. The first-order valence-corrected chi connectivity index (χ1v) is 10.4. The first kappa shape index (κ1) is 19.2. The number of amides is 1. The summed E-state index contributed by atoms with van der Waals surface area (Å²) in [4.78, 5) is 21.9. The molecule has 0 saturated heterocycles. The molecular formula is C26H22FN3O. The van der Waals surface area contributed by atoms with Crippen LogP contribution in [0.4, 0.5) is 10.1 Å². The zero-order chi connectivity index (χ0) is 21.2. The molecule has 3 aromatic rings. The van der Waals surface area contributed by atoms with Gasteiger partial charge in [0, 0.05) is 18.7 Å². The lowest BCUT2D eigenvalue weighted by atomic mass is 10.0. The summed E-state index contributed by atoms with van der Waals surface area (Å²) in [5.74, 6) is 0.398. The lowest BCUT2D eigenvalue weighted by Crippen LogP contribution is -2.45. The van der Waals surface area contributed by atoms with Gasteiger partial charge in [-0.2, -0.15) is 0 Å². The van der Waals surface area contributed by atoms with Crippen molar-refractivity contribution in [3.63, 3.8) is 0 Å². The van der Waals surface area contributed by atoms with Crippen molar-refractivity contribution < 1.29 is 9.18 Å². The molecule has 5 rings (SSSR count). The third kappa shape index (κ3) is 3.99. The topological polar surface area (TPSA) is 35.9 Å². The molecule has 4 nitrogen and oxygen atoms in total. The fourth-order valence-corrected chi connectivity index (χ4v) is 4.16. The van der Waals surface area contributed by atoms with E-state index in [1.165, 1.54) is 6.07 Å². The van der Waals surface area contributed by atoms with Crippen LogP contribution < -0.4 is 4.90 Å². The fraction of sp³-hybridized carbons (Fsp3) is 0.154. The van der Waals surface area contributed by atoms with E-state index < -0.39 is 0 Å². The lowest BCUT2D eigenvalue weighted by molar-refractivity contribution is -0.121. The van der Waals surface area contributed by atoms with Crippen molar-refractivity contribution in [1.82, 2.24) is 4.90 Å². The van der Waals surface area contributed by atoms with Gasteiger partial charge in [-0.25, -0.2) is 9.38 Å². The predicted molar refractivity (Wildman–Crippen MR) is 120 cm³/mol. The smallest absolute Gasteiger partial charge is 0.275 e. The van der Waals surface area contributed by atoms with E-state index in [1.807, 2.05) is 66.7 Å². The van der Waals surface area contributed by atoms with Gasteiger partial charge in [0.05, 0.1) is 0 Å². The Hall–Kier alpha value is -3.73. The van der Waals surface area contributed by atoms with E-state index in [4.69, 9.17) is 4.99 Å². The first-order chi connectivity index (χ1) is 15.2. The summed E-state index contributed by atoms with van der Waals surface area (Å²) in [5.41, 5.74) is 4.53. The zero-order valence-corrected chi connectivity index (χ0v) is 17.0. The van der Waals surface area contributed by atoms with Gasteiger partial charge in [-0.3, -0.25) is 9.69 Å². The van der Waals surface area contributed by atoms with E-state index in [0.29, 0.717) is 37.6 Å². The molecule has 2 aliphatic rings. The summed E-state index contributed by atoms with van der Waals surface area (Å²) in [6.07, 6.45) is 1.04. The maximum Gasteiger partial charge on any atom is 0.275 e. The summed E-state index contributed by atoms with van der Waals surface area (Å²) >= 11 is 0. The Morgan fingerprint density at radius 1 is 0.839 bits per heavy atom. The van der Waals surface area contributed by atoms with Crippen molar-refractivity contribution in [2.45, 2.75) is 12.8 Å². The second-order valence-corrected chi connectivity index (χ2v) is 7.86. The first-order valence-electron chi connectivity index (χ1n) is 10.4. The third-order valence-electron chi connectivity index (χ3n) is 5.64. The molecule has 1 amide bonds. The Labute approximate surface area is 181 Å². The summed E-state index contributed by atoms with van der Waals surface area (Å²) in [5, 5.41) is 0. The van der Waals surface area contributed by atoms with Crippen LogP contribution in [0.3, 0.4) is 0 Å². The van der Waals surface area contributed by atoms with Gasteiger partial charge < -0.3 is 4.90 Å². The molecule has 2 heterocycles. The Kier molecular flexibility index (Phi) is 5.08. The minimum Gasteiger partial charge on any atom is -0.349 e. The number of fused-ring (bicyclic) bond motifs is 1. The number of nitrogens with zero attached hydrogens (tertiary/aromatic N) is 3. The lowest BCUT2D eigenvalue weighted by Gasteiger charge is -2.36. The van der Waals surface area contributed by atoms with Gasteiger partial charge in [0.1, 0.15) is 24.0 Å². The molecular weight excluding hydrogens is 389 g/mol. The second kappa shape index (κ2) is 8.19. The van der Waals surface area contributed by atoms with Crippen molar-refractivity contribution in [3.05, 3.63) is 113 Å². The van der Waals surface area contributed by atoms with Crippen LogP contribution >= 0.6 is 0 Å². The van der Waals surface area contributed by atoms with E-state index >= 15 is 0 Å². The molecule has 0 bridgehead atoms. The van der Waals surface area contributed by atoms with Crippen LogP contribution in [0.25, 0.3) is 0 Å². The number of carbonyl (C=O) groups is 1. The van der Waals surface area contributed by atoms with Crippen molar-refractivity contribution in [3.8, 4) is 0 Å². The highest BCUT2D eigenvalue weighted by Crippen LogP contribution is 2.31. The maximum absolute atomic E-state index is 13.8. The quantitative estimate of drug-likeness (QED) is 0.616. The normalized spacial score (nSPS) is 15.9. The van der Waals surface area contributed by atoms with Crippen molar-refractivity contribution in [1.29, 1.82) is 0 Å². The van der Waals surface area contributed by atoms with Crippen molar-refractivity contribution in [2.24, 2.45) is 4.99 Å². The molecule has 0 spiro atoms.